The van der Waals surface area contributed by atoms with Crippen molar-refractivity contribution >= 4 is 35.4 Å². The zero-order valence-corrected chi connectivity index (χ0v) is 31.2. The minimum atomic E-state index is -0.919. The number of ether oxygens (including phenoxy) is 1. The Kier molecular flexibility index (Phi) is 17.9. The van der Waals surface area contributed by atoms with Crippen molar-refractivity contribution in [1.82, 2.24) is 20.4 Å². The first-order valence-corrected chi connectivity index (χ1v) is 18.4. The summed E-state index contributed by atoms with van der Waals surface area (Å²) in [6.45, 7) is 5.37. The Hall–Kier alpha value is -4.88. The van der Waals surface area contributed by atoms with Crippen molar-refractivity contribution in [3.63, 3.8) is 0 Å². The van der Waals surface area contributed by atoms with E-state index in [1.807, 2.05) is 74.5 Å². The van der Waals surface area contributed by atoms with Crippen LogP contribution in [0.15, 0.2) is 72.8 Å². The van der Waals surface area contributed by atoms with Crippen LogP contribution in [0, 0.1) is 11.8 Å². The molecule has 288 valence electrons. The van der Waals surface area contributed by atoms with Crippen LogP contribution in [-0.2, 0) is 46.3 Å². The van der Waals surface area contributed by atoms with Gasteiger partial charge in [0.05, 0.1) is 19.2 Å². The van der Waals surface area contributed by atoms with Gasteiger partial charge in [0.15, 0.2) is 5.78 Å². The molecule has 1 aliphatic heterocycles. The van der Waals surface area contributed by atoms with Crippen LogP contribution in [-0.4, -0.2) is 103 Å². The molecule has 2 aromatic rings. The van der Waals surface area contributed by atoms with Crippen LogP contribution in [0.5, 0.6) is 0 Å². The number of nitrogens with two attached hydrogens (primary N) is 2. The molecule has 0 saturated carbocycles. The first kappa shape index (κ1) is 42.5. The largest absolute Gasteiger partial charge is 0.466 e. The predicted octanol–water partition coefficient (Wildman–Crippen LogP) is 1.92. The van der Waals surface area contributed by atoms with E-state index in [4.69, 9.17) is 11.5 Å². The number of hydrogen-bond donors (Lipinski definition) is 4. The molecule has 2 aromatic carbocycles. The Balaban J connectivity index is 1.74. The standard InChI is InChI=1S/C40H56N6O7/c1-28(2)24-31(27-35(47)34(26-30-14-8-5-9-15-30)44-39(51)32(42)25-29-12-6-4-7-13-29)38(50)43-33(16-10-11-19-41)40(52)46-22-20-45(21-23-46)36(48)17-18-37(49)53-3/h4-9,12-15,17-18,28,31-34H,10-11,16,19-27,41-42H2,1-3H3,(H,43,50)(H,44,51)/b18-17+/t31-,32+,33+,34+/m0/s1. The van der Waals surface area contributed by atoms with E-state index >= 15 is 0 Å². The van der Waals surface area contributed by atoms with Crippen LogP contribution in [0.3, 0.4) is 0 Å². The molecule has 0 radical (unpaired) electrons. The number of unbranched alkanes of at least 4 members (excludes halogenated alkanes) is 1. The molecule has 1 saturated heterocycles. The summed E-state index contributed by atoms with van der Waals surface area (Å²) in [4.78, 5) is 82.2. The zero-order chi connectivity index (χ0) is 38.8. The van der Waals surface area contributed by atoms with Gasteiger partial charge < -0.3 is 36.6 Å². The van der Waals surface area contributed by atoms with Crippen LogP contribution in [0.4, 0.5) is 0 Å². The number of benzene rings is 2. The van der Waals surface area contributed by atoms with Crippen LogP contribution in [0.1, 0.15) is 57.1 Å². The van der Waals surface area contributed by atoms with Gasteiger partial charge in [-0.05, 0) is 62.1 Å². The molecule has 0 aromatic heterocycles. The summed E-state index contributed by atoms with van der Waals surface area (Å²) in [6, 6.07) is 16.1. The van der Waals surface area contributed by atoms with Gasteiger partial charge in [-0.25, -0.2) is 4.79 Å². The van der Waals surface area contributed by atoms with Gasteiger partial charge in [-0.3, -0.25) is 24.0 Å². The molecule has 53 heavy (non-hydrogen) atoms. The molecule has 6 N–H and O–H groups in total. The normalized spacial score (nSPS) is 15.4. The molecule has 0 aliphatic carbocycles. The van der Waals surface area contributed by atoms with Crippen molar-refractivity contribution in [3.05, 3.63) is 83.9 Å². The zero-order valence-electron chi connectivity index (χ0n) is 31.2. The number of esters is 1. The molecule has 1 aliphatic rings. The summed E-state index contributed by atoms with van der Waals surface area (Å²) in [5, 5.41) is 5.83. The second-order valence-electron chi connectivity index (χ2n) is 13.9. The summed E-state index contributed by atoms with van der Waals surface area (Å²) < 4.78 is 4.54. The lowest BCUT2D eigenvalue weighted by Crippen LogP contribution is -2.56. The third-order valence-electron chi connectivity index (χ3n) is 9.23. The Morgan fingerprint density at radius 3 is 1.91 bits per heavy atom. The van der Waals surface area contributed by atoms with E-state index in [-0.39, 0.29) is 62.5 Å². The smallest absolute Gasteiger partial charge is 0.330 e. The molecule has 3 rings (SSSR count). The van der Waals surface area contributed by atoms with Crippen molar-refractivity contribution in [2.24, 2.45) is 23.3 Å². The lowest BCUT2D eigenvalue weighted by atomic mass is 9.88. The number of rotatable bonds is 20. The fraction of sp³-hybridized carbons (Fsp3) is 0.500. The van der Waals surface area contributed by atoms with E-state index in [0.29, 0.717) is 38.6 Å². The van der Waals surface area contributed by atoms with Gasteiger partial charge in [-0.1, -0.05) is 74.5 Å². The highest BCUT2D eigenvalue weighted by atomic mass is 16.5. The topological polar surface area (TPSA) is 194 Å². The monoisotopic (exact) mass is 732 g/mol. The van der Waals surface area contributed by atoms with E-state index in [9.17, 15) is 28.8 Å². The highest BCUT2D eigenvalue weighted by Crippen LogP contribution is 2.20. The van der Waals surface area contributed by atoms with Gasteiger partial charge >= 0.3 is 5.97 Å². The second kappa shape index (κ2) is 22.2. The van der Waals surface area contributed by atoms with E-state index in [2.05, 4.69) is 15.4 Å². The van der Waals surface area contributed by atoms with Crippen LogP contribution in [0.25, 0.3) is 0 Å². The quantitative estimate of drug-likeness (QED) is 0.0894. The summed E-state index contributed by atoms with van der Waals surface area (Å²) >= 11 is 0. The number of amides is 4. The number of nitrogens with one attached hydrogen (secondary N) is 2. The number of Topliss-reactive ketones (excluding diaryl/α,β-unsaturated/α-hetero) is 1. The maximum Gasteiger partial charge on any atom is 0.330 e. The molecule has 0 spiro atoms. The molecule has 1 heterocycles. The third-order valence-corrected chi connectivity index (χ3v) is 9.23. The maximum absolute atomic E-state index is 14.0. The van der Waals surface area contributed by atoms with E-state index in [0.717, 1.165) is 23.3 Å². The highest BCUT2D eigenvalue weighted by Gasteiger charge is 2.34. The number of piperazine rings is 1. The average Bonchev–Trinajstić information content (AvgIpc) is 3.16. The molecule has 4 atom stereocenters. The summed E-state index contributed by atoms with van der Waals surface area (Å²) in [5.74, 6) is -3.14. The van der Waals surface area contributed by atoms with Crippen molar-refractivity contribution in [3.8, 4) is 0 Å². The number of carbonyl (C=O) groups excluding carboxylic acids is 6. The lowest BCUT2D eigenvalue weighted by Gasteiger charge is -2.36. The minimum absolute atomic E-state index is 0.0604. The van der Waals surface area contributed by atoms with Crippen molar-refractivity contribution in [2.75, 3.05) is 39.8 Å². The van der Waals surface area contributed by atoms with E-state index in [1.165, 1.54) is 12.0 Å². The van der Waals surface area contributed by atoms with Crippen molar-refractivity contribution in [1.29, 1.82) is 0 Å². The molecule has 1 fully saturated rings. The number of carbonyl (C=O) groups is 6. The third kappa shape index (κ3) is 14.6. The SMILES string of the molecule is COC(=O)/C=C/C(=O)N1CCN(C(=O)[C@@H](CCCCN)NC(=O)[C@H](CC(=O)[C@@H](Cc2ccccc2)NC(=O)[C@H](N)Cc2ccccc2)CC(C)C)CC1. The Labute approximate surface area is 312 Å². The predicted molar refractivity (Wildman–Crippen MR) is 202 cm³/mol. The van der Waals surface area contributed by atoms with Gasteiger partial charge in [0.2, 0.25) is 23.6 Å². The number of hydrogen-bond acceptors (Lipinski definition) is 9. The summed E-state index contributed by atoms with van der Waals surface area (Å²) in [5.41, 5.74) is 13.8. The number of ketones is 1. The first-order valence-electron chi connectivity index (χ1n) is 18.4. The van der Waals surface area contributed by atoms with Gasteiger partial charge in [0.25, 0.3) is 0 Å². The Morgan fingerprint density at radius 2 is 1.34 bits per heavy atom. The lowest BCUT2D eigenvalue weighted by molar-refractivity contribution is -0.141. The molecular formula is C40H56N6O7. The number of nitrogens with zero attached hydrogens (tertiary/aromatic N) is 2. The highest BCUT2D eigenvalue weighted by molar-refractivity contribution is 5.96. The summed E-state index contributed by atoms with van der Waals surface area (Å²) in [7, 11) is 1.22. The van der Waals surface area contributed by atoms with Gasteiger partial charge in [0.1, 0.15) is 6.04 Å². The van der Waals surface area contributed by atoms with Gasteiger partial charge in [-0.15, -0.1) is 0 Å². The van der Waals surface area contributed by atoms with Crippen molar-refractivity contribution in [2.45, 2.75) is 76.9 Å². The van der Waals surface area contributed by atoms with Gasteiger partial charge in [-0.2, -0.15) is 0 Å². The average molecular weight is 733 g/mol. The molecule has 13 nitrogen and oxygen atoms in total. The van der Waals surface area contributed by atoms with Crippen molar-refractivity contribution < 1.29 is 33.5 Å². The second-order valence-corrected chi connectivity index (χ2v) is 13.9. The van der Waals surface area contributed by atoms with Crippen LogP contribution < -0.4 is 22.1 Å². The van der Waals surface area contributed by atoms with Crippen LogP contribution in [0.2, 0.25) is 0 Å². The molecule has 0 bridgehead atoms. The minimum Gasteiger partial charge on any atom is -0.466 e. The van der Waals surface area contributed by atoms with E-state index < -0.39 is 41.8 Å². The van der Waals surface area contributed by atoms with Crippen LogP contribution >= 0.6 is 0 Å². The Morgan fingerprint density at radius 1 is 0.774 bits per heavy atom. The first-order chi connectivity index (χ1) is 25.4. The molecular weight excluding hydrogens is 676 g/mol. The fourth-order valence-electron chi connectivity index (χ4n) is 6.29. The molecule has 4 amide bonds. The Bertz CT molecular complexity index is 1530. The number of methoxy groups -OCH3 is 1. The fourth-order valence-corrected chi connectivity index (χ4v) is 6.29. The molecule has 0 unspecified atom stereocenters. The van der Waals surface area contributed by atoms with Gasteiger partial charge in [0, 0.05) is 50.7 Å². The van der Waals surface area contributed by atoms with E-state index in [1.54, 1.807) is 4.90 Å². The molecule has 13 heteroatoms. The maximum atomic E-state index is 14.0. The summed E-state index contributed by atoms with van der Waals surface area (Å²) in [6.07, 6.45) is 4.60.